The SMILES string of the molecule is CCCCCCCCCCCCCCCCCC(=O)c1c(C(N)=O)ccc(C(N)=O)c1C(=O)CCCCCCCCCCCCCCCCC. The van der Waals surface area contributed by atoms with E-state index in [-0.39, 0.29) is 46.7 Å². The summed E-state index contributed by atoms with van der Waals surface area (Å²) in [6, 6.07) is 2.74. The zero-order valence-electron chi connectivity index (χ0n) is 32.6. The lowest BCUT2D eigenvalue weighted by Crippen LogP contribution is -2.24. The summed E-state index contributed by atoms with van der Waals surface area (Å²) in [5.41, 5.74) is 11.3. The van der Waals surface area contributed by atoms with E-state index in [4.69, 9.17) is 11.5 Å². The number of Topliss-reactive ketones (excluding diaryl/α,β-unsaturated/α-hetero) is 2. The van der Waals surface area contributed by atoms with Crippen LogP contribution in [0.3, 0.4) is 0 Å². The van der Waals surface area contributed by atoms with E-state index in [1.807, 2.05) is 0 Å². The summed E-state index contributed by atoms with van der Waals surface area (Å²) in [6.45, 7) is 4.52. The van der Waals surface area contributed by atoms with E-state index in [9.17, 15) is 19.2 Å². The molecule has 286 valence electrons. The van der Waals surface area contributed by atoms with Crippen molar-refractivity contribution in [1.82, 2.24) is 0 Å². The Labute approximate surface area is 307 Å². The molecule has 0 fully saturated rings. The predicted octanol–water partition coefficient (Wildman–Crippen LogP) is 12.8. The molecule has 1 rings (SSSR count). The largest absolute Gasteiger partial charge is 0.366 e. The van der Waals surface area contributed by atoms with Crippen molar-refractivity contribution in [2.24, 2.45) is 11.5 Å². The maximum Gasteiger partial charge on any atom is 0.249 e. The first kappa shape index (κ1) is 45.5. The van der Waals surface area contributed by atoms with Gasteiger partial charge in [-0.1, -0.05) is 194 Å². The molecule has 0 atom stereocenters. The number of ketones is 2. The lowest BCUT2D eigenvalue weighted by molar-refractivity contribution is 0.0928. The minimum absolute atomic E-state index is 0.000743. The molecule has 0 saturated heterocycles. The molecule has 0 bridgehead atoms. The molecule has 0 spiro atoms. The van der Waals surface area contributed by atoms with Crippen molar-refractivity contribution in [2.45, 2.75) is 219 Å². The second-order valence-electron chi connectivity index (χ2n) is 14.9. The van der Waals surface area contributed by atoms with E-state index in [1.165, 1.54) is 153 Å². The molecule has 0 aromatic heterocycles. The number of unbranched alkanes of at least 4 members (excludes halogenated alkanes) is 28. The minimum atomic E-state index is -0.776. The van der Waals surface area contributed by atoms with Crippen LogP contribution in [0.1, 0.15) is 261 Å². The predicted molar refractivity (Wildman–Crippen MR) is 211 cm³/mol. The Kier molecular flexibility index (Phi) is 28.5. The lowest BCUT2D eigenvalue weighted by Gasteiger charge is -2.15. The van der Waals surface area contributed by atoms with Crippen LogP contribution in [0.25, 0.3) is 0 Å². The Hall–Kier alpha value is -2.50. The molecular formula is C44H76N2O4. The molecule has 0 aliphatic rings. The molecule has 1 aromatic carbocycles. The molecular weight excluding hydrogens is 620 g/mol. The van der Waals surface area contributed by atoms with Crippen LogP contribution < -0.4 is 11.5 Å². The minimum Gasteiger partial charge on any atom is -0.366 e. The maximum atomic E-state index is 13.5. The van der Waals surface area contributed by atoms with Gasteiger partial charge in [-0.2, -0.15) is 0 Å². The van der Waals surface area contributed by atoms with Crippen LogP contribution in [0.2, 0.25) is 0 Å². The van der Waals surface area contributed by atoms with E-state index in [1.54, 1.807) is 0 Å². The molecule has 4 N–H and O–H groups in total. The van der Waals surface area contributed by atoms with Gasteiger partial charge in [-0.3, -0.25) is 19.2 Å². The summed E-state index contributed by atoms with van der Waals surface area (Å²) < 4.78 is 0. The van der Waals surface area contributed by atoms with Gasteiger partial charge in [-0.25, -0.2) is 0 Å². The summed E-state index contributed by atoms with van der Waals surface area (Å²) in [5, 5.41) is 0. The van der Waals surface area contributed by atoms with E-state index in [0.29, 0.717) is 12.8 Å². The number of benzene rings is 1. The molecule has 0 unspecified atom stereocenters. The zero-order valence-corrected chi connectivity index (χ0v) is 32.6. The quantitative estimate of drug-likeness (QED) is 0.0535. The molecule has 2 amide bonds. The molecule has 0 saturated carbocycles. The van der Waals surface area contributed by atoms with Crippen LogP contribution in [0.4, 0.5) is 0 Å². The summed E-state index contributed by atoms with van der Waals surface area (Å²) >= 11 is 0. The van der Waals surface area contributed by atoms with Crippen LogP contribution in [0.15, 0.2) is 12.1 Å². The van der Waals surface area contributed by atoms with E-state index in [0.717, 1.165) is 38.5 Å². The van der Waals surface area contributed by atoms with Crippen molar-refractivity contribution < 1.29 is 19.2 Å². The highest BCUT2D eigenvalue weighted by atomic mass is 16.2. The van der Waals surface area contributed by atoms with Gasteiger partial charge in [-0.05, 0) is 25.0 Å². The van der Waals surface area contributed by atoms with E-state index in [2.05, 4.69) is 13.8 Å². The maximum absolute atomic E-state index is 13.5. The van der Waals surface area contributed by atoms with Crippen molar-refractivity contribution >= 4 is 23.4 Å². The molecule has 50 heavy (non-hydrogen) atoms. The molecule has 1 aromatic rings. The number of rotatable bonds is 36. The van der Waals surface area contributed by atoms with Crippen LogP contribution >= 0.6 is 0 Å². The average molecular weight is 697 g/mol. The third-order valence-corrected chi connectivity index (χ3v) is 10.3. The Morgan fingerprint density at radius 2 is 0.560 bits per heavy atom. The number of nitrogens with two attached hydrogens (primary N) is 2. The number of primary amides is 2. The van der Waals surface area contributed by atoms with Gasteiger partial charge in [0.05, 0.1) is 11.1 Å². The fourth-order valence-electron chi connectivity index (χ4n) is 7.16. The highest BCUT2D eigenvalue weighted by Crippen LogP contribution is 2.26. The number of hydrogen-bond acceptors (Lipinski definition) is 4. The van der Waals surface area contributed by atoms with Gasteiger partial charge < -0.3 is 11.5 Å². The summed E-state index contributed by atoms with van der Waals surface area (Å²) in [4.78, 5) is 51.7. The van der Waals surface area contributed by atoms with Gasteiger partial charge in [-0.15, -0.1) is 0 Å². The first-order chi connectivity index (χ1) is 24.3. The van der Waals surface area contributed by atoms with Gasteiger partial charge >= 0.3 is 0 Å². The summed E-state index contributed by atoms with van der Waals surface area (Å²) in [7, 11) is 0. The van der Waals surface area contributed by atoms with Gasteiger partial charge in [0.1, 0.15) is 0 Å². The van der Waals surface area contributed by atoms with Crippen LogP contribution in [-0.2, 0) is 0 Å². The topological polar surface area (TPSA) is 120 Å². The van der Waals surface area contributed by atoms with Crippen molar-refractivity contribution in [3.8, 4) is 0 Å². The lowest BCUT2D eigenvalue weighted by atomic mass is 9.87. The fourth-order valence-corrected chi connectivity index (χ4v) is 7.16. The van der Waals surface area contributed by atoms with E-state index < -0.39 is 11.8 Å². The Balaban J connectivity index is 2.44. The van der Waals surface area contributed by atoms with Gasteiger partial charge in [0, 0.05) is 24.0 Å². The molecule has 0 aliphatic carbocycles. The second-order valence-corrected chi connectivity index (χ2v) is 14.9. The second kappa shape index (κ2) is 31.3. The number of carbonyl (C=O) groups is 4. The zero-order chi connectivity index (χ0) is 36.7. The number of hydrogen-bond donors (Lipinski definition) is 2. The summed E-state index contributed by atoms with van der Waals surface area (Å²) in [6.07, 6.45) is 37.3. The van der Waals surface area contributed by atoms with Gasteiger partial charge in [0.2, 0.25) is 11.8 Å². The number of carbonyl (C=O) groups excluding carboxylic acids is 4. The highest BCUT2D eigenvalue weighted by Gasteiger charge is 2.27. The smallest absolute Gasteiger partial charge is 0.249 e. The summed E-state index contributed by atoms with van der Waals surface area (Å²) in [5.74, 6) is -2.17. The average Bonchev–Trinajstić information content (AvgIpc) is 3.10. The molecule has 0 radical (unpaired) electrons. The van der Waals surface area contributed by atoms with Crippen LogP contribution in [-0.4, -0.2) is 23.4 Å². The monoisotopic (exact) mass is 697 g/mol. The van der Waals surface area contributed by atoms with Crippen molar-refractivity contribution in [3.05, 3.63) is 34.4 Å². The molecule has 0 heterocycles. The first-order valence-electron chi connectivity index (χ1n) is 21.2. The van der Waals surface area contributed by atoms with Gasteiger partial charge in [0.25, 0.3) is 0 Å². The third-order valence-electron chi connectivity index (χ3n) is 10.3. The standard InChI is InChI=1S/C44H76N2O4/c1-3-5-7-9-11-13-15-17-19-21-23-25-27-29-31-33-39(47)41-37(43(45)49)35-36-38(44(46)50)42(41)40(48)34-32-30-28-26-24-22-20-18-16-14-12-10-8-6-4-2/h35-36H,3-34H2,1-2H3,(H2,45,49)(H2,46,50). The van der Waals surface area contributed by atoms with E-state index >= 15 is 0 Å². The molecule has 6 nitrogen and oxygen atoms in total. The van der Waals surface area contributed by atoms with Crippen LogP contribution in [0, 0.1) is 0 Å². The Bertz CT molecular complexity index is 983. The Morgan fingerprint density at radius 1 is 0.360 bits per heavy atom. The first-order valence-corrected chi connectivity index (χ1v) is 21.2. The third kappa shape index (κ3) is 21.7. The van der Waals surface area contributed by atoms with Gasteiger partial charge in [0.15, 0.2) is 11.6 Å². The normalized spacial score (nSPS) is 11.2. The van der Waals surface area contributed by atoms with Crippen molar-refractivity contribution in [2.75, 3.05) is 0 Å². The highest BCUT2D eigenvalue weighted by molar-refractivity contribution is 6.19. The number of amides is 2. The van der Waals surface area contributed by atoms with Crippen molar-refractivity contribution in [3.63, 3.8) is 0 Å². The Morgan fingerprint density at radius 3 is 0.760 bits per heavy atom. The fraction of sp³-hybridized carbons (Fsp3) is 0.773. The van der Waals surface area contributed by atoms with Crippen molar-refractivity contribution in [1.29, 1.82) is 0 Å². The molecule has 6 heteroatoms. The molecule has 0 aliphatic heterocycles. The van der Waals surface area contributed by atoms with Crippen LogP contribution in [0.5, 0.6) is 0 Å².